The van der Waals surface area contributed by atoms with Crippen molar-refractivity contribution in [3.63, 3.8) is 0 Å². The Kier molecular flexibility index (Phi) is 3.89. The summed E-state index contributed by atoms with van der Waals surface area (Å²) in [5, 5.41) is 3.18. The lowest BCUT2D eigenvalue weighted by molar-refractivity contribution is -0.118. The van der Waals surface area contributed by atoms with Crippen LogP contribution in [0.3, 0.4) is 0 Å². The number of amides is 1. The number of carbonyl (C=O) groups excluding carboxylic acids is 1. The maximum Gasteiger partial charge on any atom is 0.228 e. The lowest BCUT2D eigenvalue weighted by Gasteiger charge is -2.07. The Balaban J connectivity index is 2.78. The predicted molar refractivity (Wildman–Crippen MR) is 60.4 cm³/mol. The van der Waals surface area contributed by atoms with Gasteiger partial charge in [-0.2, -0.15) is 0 Å². The normalized spacial score (nSPS) is 10.4. The highest BCUT2D eigenvalue weighted by molar-refractivity contribution is 9.10. The van der Waals surface area contributed by atoms with Gasteiger partial charge in [-0.15, -0.1) is 0 Å². The minimum absolute atomic E-state index is 0.0702. The first-order valence-corrected chi connectivity index (χ1v) is 5.29. The van der Waals surface area contributed by atoms with E-state index in [9.17, 15) is 4.79 Å². The second kappa shape index (κ2) is 4.75. The number of rotatable bonds is 2. The lowest BCUT2D eigenvalue weighted by atomic mass is 10.2. The van der Waals surface area contributed by atoms with E-state index in [-0.39, 0.29) is 11.8 Å². The standard InChI is InChI=1S/C9H10BrClN2O/c1-5(2)9(14)13-8-3-7(11)6(10)4-12-8/h3-5H,1-2H3,(H,12,13,14). The average molecular weight is 278 g/mol. The molecule has 0 aliphatic carbocycles. The third-order valence-corrected chi connectivity index (χ3v) is 2.76. The molecule has 5 heteroatoms. The SMILES string of the molecule is CC(C)C(=O)Nc1cc(Cl)c(Br)cn1. The quantitative estimate of drug-likeness (QED) is 0.902. The summed E-state index contributed by atoms with van der Waals surface area (Å²) in [4.78, 5) is 15.3. The minimum Gasteiger partial charge on any atom is -0.310 e. The summed E-state index contributed by atoms with van der Waals surface area (Å²) in [6, 6.07) is 1.60. The van der Waals surface area contributed by atoms with Crippen molar-refractivity contribution in [3.8, 4) is 0 Å². The van der Waals surface area contributed by atoms with E-state index in [0.717, 1.165) is 0 Å². The molecule has 0 saturated carbocycles. The van der Waals surface area contributed by atoms with Crippen LogP contribution in [0.15, 0.2) is 16.7 Å². The van der Waals surface area contributed by atoms with Crippen LogP contribution in [-0.2, 0) is 4.79 Å². The van der Waals surface area contributed by atoms with E-state index in [1.807, 2.05) is 13.8 Å². The highest BCUT2D eigenvalue weighted by Crippen LogP contribution is 2.23. The van der Waals surface area contributed by atoms with Crippen molar-refractivity contribution < 1.29 is 4.79 Å². The molecule has 0 saturated heterocycles. The zero-order valence-corrected chi connectivity index (χ0v) is 10.2. The van der Waals surface area contributed by atoms with Crippen molar-refractivity contribution in [1.82, 2.24) is 4.98 Å². The summed E-state index contributed by atoms with van der Waals surface area (Å²) < 4.78 is 0.710. The molecule has 0 unspecified atom stereocenters. The van der Waals surface area contributed by atoms with Gasteiger partial charge in [0.15, 0.2) is 0 Å². The molecule has 1 rings (SSSR count). The fourth-order valence-electron chi connectivity index (χ4n) is 0.753. The van der Waals surface area contributed by atoms with Crippen LogP contribution in [0.1, 0.15) is 13.8 Å². The Morgan fingerprint density at radius 3 is 2.79 bits per heavy atom. The predicted octanol–water partition coefficient (Wildman–Crippen LogP) is 3.09. The molecular weight excluding hydrogens is 267 g/mol. The first-order chi connectivity index (χ1) is 6.50. The second-order valence-corrected chi connectivity index (χ2v) is 4.39. The van der Waals surface area contributed by atoms with E-state index in [4.69, 9.17) is 11.6 Å². The van der Waals surface area contributed by atoms with Crippen LogP contribution in [0.4, 0.5) is 5.82 Å². The Bertz CT molecular complexity index is 355. The second-order valence-electron chi connectivity index (χ2n) is 3.13. The van der Waals surface area contributed by atoms with Crippen molar-refractivity contribution in [2.45, 2.75) is 13.8 Å². The van der Waals surface area contributed by atoms with Gasteiger partial charge in [0.2, 0.25) is 5.91 Å². The number of anilines is 1. The molecule has 14 heavy (non-hydrogen) atoms. The number of halogens is 2. The van der Waals surface area contributed by atoms with Crippen molar-refractivity contribution in [1.29, 1.82) is 0 Å². The Labute approximate surface area is 96.0 Å². The third-order valence-electron chi connectivity index (χ3n) is 1.58. The molecule has 0 radical (unpaired) electrons. The topological polar surface area (TPSA) is 42.0 Å². The Morgan fingerprint density at radius 1 is 1.64 bits per heavy atom. The smallest absolute Gasteiger partial charge is 0.228 e. The van der Waals surface area contributed by atoms with Gasteiger partial charge in [-0.1, -0.05) is 25.4 Å². The number of carbonyl (C=O) groups is 1. The van der Waals surface area contributed by atoms with Gasteiger partial charge >= 0.3 is 0 Å². The Hall–Kier alpha value is -0.610. The average Bonchev–Trinajstić information content (AvgIpc) is 2.11. The monoisotopic (exact) mass is 276 g/mol. The number of aromatic nitrogens is 1. The van der Waals surface area contributed by atoms with Crippen LogP contribution in [0.2, 0.25) is 5.02 Å². The molecule has 76 valence electrons. The number of nitrogens with one attached hydrogen (secondary N) is 1. The number of hydrogen-bond donors (Lipinski definition) is 1. The van der Waals surface area contributed by atoms with E-state index in [1.165, 1.54) is 0 Å². The molecule has 0 aromatic carbocycles. The molecule has 0 fully saturated rings. The van der Waals surface area contributed by atoms with Gasteiger partial charge in [0.25, 0.3) is 0 Å². The first-order valence-electron chi connectivity index (χ1n) is 4.12. The van der Waals surface area contributed by atoms with Gasteiger partial charge in [0.1, 0.15) is 5.82 Å². The summed E-state index contributed by atoms with van der Waals surface area (Å²) in [7, 11) is 0. The summed E-state index contributed by atoms with van der Waals surface area (Å²) >= 11 is 9.06. The van der Waals surface area contributed by atoms with Crippen LogP contribution in [-0.4, -0.2) is 10.9 Å². The Morgan fingerprint density at radius 2 is 2.29 bits per heavy atom. The van der Waals surface area contributed by atoms with E-state index in [2.05, 4.69) is 26.2 Å². The highest BCUT2D eigenvalue weighted by Gasteiger charge is 2.08. The van der Waals surface area contributed by atoms with Gasteiger partial charge in [0.05, 0.1) is 9.50 Å². The zero-order valence-electron chi connectivity index (χ0n) is 7.84. The highest BCUT2D eigenvalue weighted by atomic mass is 79.9. The third kappa shape index (κ3) is 2.96. The van der Waals surface area contributed by atoms with Crippen molar-refractivity contribution >= 4 is 39.3 Å². The number of nitrogens with zero attached hydrogens (tertiary/aromatic N) is 1. The van der Waals surface area contributed by atoms with Crippen LogP contribution in [0, 0.1) is 5.92 Å². The summed E-state index contributed by atoms with van der Waals surface area (Å²) in [6.45, 7) is 3.63. The maximum absolute atomic E-state index is 11.3. The van der Waals surface area contributed by atoms with E-state index in [1.54, 1.807) is 12.3 Å². The maximum atomic E-state index is 11.3. The molecule has 0 spiro atoms. The lowest BCUT2D eigenvalue weighted by Crippen LogP contribution is -2.18. The van der Waals surface area contributed by atoms with Crippen LogP contribution < -0.4 is 5.32 Å². The summed E-state index contributed by atoms with van der Waals surface area (Å²) in [6.07, 6.45) is 1.55. The fourth-order valence-corrected chi connectivity index (χ4v) is 1.12. The molecule has 1 heterocycles. The largest absolute Gasteiger partial charge is 0.310 e. The zero-order chi connectivity index (χ0) is 10.7. The molecule has 1 aromatic heterocycles. The fraction of sp³-hybridized carbons (Fsp3) is 0.333. The van der Waals surface area contributed by atoms with E-state index in [0.29, 0.717) is 15.3 Å². The first kappa shape index (κ1) is 11.5. The molecule has 0 aliphatic rings. The molecular formula is C9H10BrClN2O. The summed E-state index contributed by atoms with van der Waals surface area (Å²) in [5.74, 6) is 0.326. The molecule has 1 amide bonds. The molecule has 0 bridgehead atoms. The molecule has 1 aromatic rings. The number of hydrogen-bond acceptors (Lipinski definition) is 2. The van der Waals surface area contributed by atoms with Gasteiger partial charge in [-0.25, -0.2) is 4.98 Å². The molecule has 0 atom stereocenters. The van der Waals surface area contributed by atoms with E-state index < -0.39 is 0 Å². The van der Waals surface area contributed by atoms with Gasteiger partial charge < -0.3 is 5.32 Å². The minimum atomic E-state index is -0.0733. The van der Waals surface area contributed by atoms with E-state index >= 15 is 0 Å². The van der Waals surface area contributed by atoms with Gasteiger partial charge in [-0.3, -0.25) is 4.79 Å². The summed E-state index contributed by atoms with van der Waals surface area (Å²) in [5.41, 5.74) is 0. The molecule has 3 nitrogen and oxygen atoms in total. The van der Waals surface area contributed by atoms with Crippen molar-refractivity contribution in [3.05, 3.63) is 21.8 Å². The van der Waals surface area contributed by atoms with Gasteiger partial charge in [-0.05, 0) is 15.9 Å². The van der Waals surface area contributed by atoms with Crippen LogP contribution in [0.25, 0.3) is 0 Å². The molecule has 1 N–H and O–H groups in total. The number of pyridine rings is 1. The van der Waals surface area contributed by atoms with Crippen molar-refractivity contribution in [2.75, 3.05) is 5.32 Å². The van der Waals surface area contributed by atoms with Gasteiger partial charge in [0, 0.05) is 18.2 Å². The van der Waals surface area contributed by atoms with Crippen LogP contribution in [0.5, 0.6) is 0 Å². The molecule has 0 aliphatic heterocycles. The van der Waals surface area contributed by atoms with Crippen molar-refractivity contribution in [2.24, 2.45) is 5.92 Å². The van der Waals surface area contributed by atoms with Crippen LogP contribution >= 0.6 is 27.5 Å².